The van der Waals surface area contributed by atoms with Crippen molar-refractivity contribution < 1.29 is 22.7 Å². The first-order valence-corrected chi connectivity index (χ1v) is 16.5. The van der Waals surface area contributed by atoms with E-state index in [0.29, 0.717) is 23.6 Å². The summed E-state index contributed by atoms with van der Waals surface area (Å²) >= 11 is 0. The maximum atomic E-state index is 14.0. The lowest BCUT2D eigenvalue weighted by atomic mass is 9.95. The Morgan fingerprint density at radius 1 is 0.905 bits per heavy atom. The van der Waals surface area contributed by atoms with Gasteiger partial charge in [0.05, 0.1) is 11.9 Å². The fraction of sp³-hybridized carbons (Fsp3) is 0.394. The first kappa shape index (κ1) is 31.1. The van der Waals surface area contributed by atoms with Crippen LogP contribution in [0.1, 0.15) is 56.6 Å². The number of aryl methyl sites for hydroxylation is 1. The first-order valence-electron chi connectivity index (χ1n) is 14.6. The van der Waals surface area contributed by atoms with Crippen LogP contribution in [-0.2, 0) is 26.2 Å². The van der Waals surface area contributed by atoms with Gasteiger partial charge < -0.3 is 15.0 Å². The average Bonchev–Trinajstić information content (AvgIpc) is 2.97. The maximum Gasteiger partial charge on any atom is 0.244 e. The molecule has 1 unspecified atom stereocenters. The van der Waals surface area contributed by atoms with E-state index >= 15 is 0 Å². The van der Waals surface area contributed by atoms with E-state index in [4.69, 9.17) is 4.74 Å². The molecule has 0 bridgehead atoms. The Morgan fingerprint density at radius 3 is 2.14 bits per heavy atom. The van der Waals surface area contributed by atoms with Gasteiger partial charge in [-0.05, 0) is 73.7 Å². The minimum Gasteiger partial charge on any atom is -0.457 e. The number of benzene rings is 3. The molecule has 3 aromatic carbocycles. The molecule has 0 spiro atoms. The molecule has 1 saturated carbocycles. The van der Waals surface area contributed by atoms with Gasteiger partial charge in [-0.25, -0.2) is 8.42 Å². The minimum atomic E-state index is -3.83. The third kappa shape index (κ3) is 8.35. The van der Waals surface area contributed by atoms with Gasteiger partial charge in [0.2, 0.25) is 21.8 Å². The normalized spacial score (nSPS) is 14.5. The van der Waals surface area contributed by atoms with Crippen LogP contribution in [0.15, 0.2) is 78.9 Å². The van der Waals surface area contributed by atoms with Crippen LogP contribution in [0.5, 0.6) is 11.5 Å². The third-order valence-electron chi connectivity index (χ3n) is 7.72. The van der Waals surface area contributed by atoms with E-state index in [1.54, 1.807) is 24.3 Å². The van der Waals surface area contributed by atoms with Gasteiger partial charge in [-0.2, -0.15) is 0 Å². The van der Waals surface area contributed by atoms with Gasteiger partial charge in [-0.15, -0.1) is 0 Å². The third-order valence-corrected chi connectivity index (χ3v) is 8.86. The zero-order valence-electron chi connectivity index (χ0n) is 24.7. The summed E-state index contributed by atoms with van der Waals surface area (Å²) in [4.78, 5) is 29.1. The minimum absolute atomic E-state index is 0.0971. The maximum absolute atomic E-state index is 14.0. The zero-order valence-corrected chi connectivity index (χ0v) is 25.5. The van der Waals surface area contributed by atoms with Gasteiger partial charge in [-0.3, -0.25) is 13.9 Å². The molecule has 0 radical (unpaired) electrons. The quantitative estimate of drug-likeness (QED) is 0.287. The summed E-state index contributed by atoms with van der Waals surface area (Å²) in [6, 6.07) is 22.9. The van der Waals surface area contributed by atoms with Crippen molar-refractivity contribution in [2.75, 3.05) is 17.1 Å². The molecule has 1 atom stereocenters. The molecule has 0 aliphatic heterocycles. The number of amides is 2. The number of ether oxygens (including phenoxy) is 1. The van der Waals surface area contributed by atoms with Crippen LogP contribution in [-0.4, -0.2) is 50.0 Å². The molecule has 2 amide bonds. The van der Waals surface area contributed by atoms with Crippen molar-refractivity contribution in [2.45, 2.75) is 71.0 Å². The molecule has 1 aliphatic rings. The van der Waals surface area contributed by atoms with Gasteiger partial charge in [0.15, 0.2) is 0 Å². The summed E-state index contributed by atoms with van der Waals surface area (Å²) in [5.74, 6) is 0.555. The summed E-state index contributed by atoms with van der Waals surface area (Å²) in [6.45, 7) is 3.60. The van der Waals surface area contributed by atoms with Gasteiger partial charge in [0.25, 0.3) is 0 Å². The zero-order chi connectivity index (χ0) is 30.1. The molecule has 0 heterocycles. The number of carbonyl (C=O) groups excluding carboxylic acids is 2. The molecular weight excluding hydrogens is 550 g/mol. The molecule has 3 aromatic rings. The van der Waals surface area contributed by atoms with Gasteiger partial charge in [0.1, 0.15) is 24.1 Å². The van der Waals surface area contributed by atoms with Crippen molar-refractivity contribution >= 4 is 27.5 Å². The lowest BCUT2D eigenvalue weighted by Gasteiger charge is -2.34. The second-order valence-corrected chi connectivity index (χ2v) is 12.8. The number of rotatable bonds is 12. The van der Waals surface area contributed by atoms with Crippen LogP contribution >= 0.6 is 0 Å². The number of carbonyl (C=O) groups is 2. The van der Waals surface area contributed by atoms with Crippen LogP contribution < -0.4 is 14.4 Å². The number of anilines is 1. The van der Waals surface area contributed by atoms with Crippen LogP contribution in [0, 0.1) is 6.92 Å². The van der Waals surface area contributed by atoms with E-state index < -0.39 is 28.5 Å². The van der Waals surface area contributed by atoms with Crippen LogP contribution in [0.25, 0.3) is 0 Å². The highest BCUT2D eigenvalue weighted by Crippen LogP contribution is 2.26. The Bertz CT molecular complexity index is 1440. The Kier molecular flexibility index (Phi) is 10.6. The van der Waals surface area contributed by atoms with Gasteiger partial charge >= 0.3 is 0 Å². The molecule has 1 fully saturated rings. The lowest BCUT2D eigenvalue weighted by molar-refractivity contribution is -0.140. The van der Waals surface area contributed by atoms with E-state index in [9.17, 15) is 18.0 Å². The van der Waals surface area contributed by atoms with Crippen LogP contribution in [0.2, 0.25) is 0 Å². The van der Waals surface area contributed by atoms with Gasteiger partial charge in [-0.1, -0.05) is 68.7 Å². The number of sulfonamides is 1. The van der Waals surface area contributed by atoms with Gasteiger partial charge in [0, 0.05) is 12.6 Å². The largest absolute Gasteiger partial charge is 0.457 e. The molecule has 1 N–H and O–H groups in total. The summed E-state index contributed by atoms with van der Waals surface area (Å²) < 4.78 is 32.8. The second kappa shape index (κ2) is 14.4. The summed E-state index contributed by atoms with van der Waals surface area (Å²) in [7, 11) is -3.83. The highest BCUT2D eigenvalue weighted by atomic mass is 32.2. The smallest absolute Gasteiger partial charge is 0.244 e. The van der Waals surface area contributed by atoms with E-state index in [-0.39, 0.29) is 18.5 Å². The summed E-state index contributed by atoms with van der Waals surface area (Å²) in [6.07, 6.45) is 6.66. The Morgan fingerprint density at radius 2 is 1.52 bits per heavy atom. The van der Waals surface area contributed by atoms with Crippen molar-refractivity contribution in [2.24, 2.45) is 0 Å². The van der Waals surface area contributed by atoms with Crippen molar-refractivity contribution in [3.8, 4) is 11.5 Å². The lowest BCUT2D eigenvalue weighted by Crippen LogP contribution is -2.54. The molecule has 42 heavy (non-hydrogen) atoms. The first-order chi connectivity index (χ1) is 20.2. The fourth-order valence-electron chi connectivity index (χ4n) is 5.35. The predicted octanol–water partition coefficient (Wildman–Crippen LogP) is 5.81. The Labute approximate surface area is 249 Å². The standard InChI is InChI=1S/C33H41N3O5S/c1-4-31(33(38)34-27-15-7-5-8-16-27)35(23-26-14-12-11-13-25(26)2)32(37)24-36(42(3,39)40)28-19-21-30(22-20-28)41-29-17-9-6-10-18-29/h6,9-14,17-22,27,31H,4-5,7-8,15-16,23-24H2,1-3H3,(H,34,38). The topological polar surface area (TPSA) is 96.0 Å². The SMILES string of the molecule is CCC(C(=O)NC1CCCCC1)N(Cc1ccccc1C)C(=O)CN(c1ccc(Oc2ccccc2)cc1)S(C)(=O)=O. The Balaban J connectivity index is 1.58. The van der Waals surface area contributed by atoms with E-state index in [1.807, 2.05) is 68.4 Å². The average molecular weight is 592 g/mol. The van der Waals surface area contributed by atoms with Crippen LogP contribution in [0.3, 0.4) is 0 Å². The highest BCUT2D eigenvalue weighted by Gasteiger charge is 2.33. The monoisotopic (exact) mass is 591 g/mol. The number of para-hydroxylation sites is 1. The van der Waals surface area contributed by atoms with E-state index in [0.717, 1.165) is 47.4 Å². The number of nitrogens with one attached hydrogen (secondary N) is 1. The molecule has 224 valence electrons. The summed E-state index contributed by atoms with van der Waals surface area (Å²) in [5.41, 5.74) is 2.23. The number of hydrogen-bond donors (Lipinski definition) is 1. The molecule has 0 aromatic heterocycles. The number of nitrogens with zero attached hydrogens (tertiary/aromatic N) is 2. The van der Waals surface area contributed by atoms with Crippen molar-refractivity contribution in [1.29, 1.82) is 0 Å². The van der Waals surface area contributed by atoms with Crippen LogP contribution in [0.4, 0.5) is 5.69 Å². The predicted molar refractivity (Wildman–Crippen MR) is 166 cm³/mol. The highest BCUT2D eigenvalue weighted by molar-refractivity contribution is 7.92. The van der Waals surface area contributed by atoms with Crippen molar-refractivity contribution in [3.05, 3.63) is 90.0 Å². The molecule has 8 nitrogen and oxygen atoms in total. The summed E-state index contributed by atoms with van der Waals surface area (Å²) in [5, 5.41) is 3.17. The second-order valence-electron chi connectivity index (χ2n) is 10.9. The molecule has 0 saturated heterocycles. The fourth-order valence-corrected chi connectivity index (χ4v) is 6.20. The molecule has 9 heteroatoms. The molecule has 1 aliphatic carbocycles. The molecule has 4 rings (SSSR count). The van der Waals surface area contributed by atoms with Crippen molar-refractivity contribution in [3.63, 3.8) is 0 Å². The Hall–Kier alpha value is -3.85. The van der Waals surface area contributed by atoms with Crippen molar-refractivity contribution in [1.82, 2.24) is 10.2 Å². The number of hydrogen-bond acceptors (Lipinski definition) is 5. The van der Waals surface area contributed by atoms with E-state index in [1.165, 1.54) is 11.3 Å². The molecular formula is C33H41N3O5S. The van der Waals surface area contributed by atoms with E-state index in [2.05, 4.69) is 5.32 Å².